The maximum Gasteiger partial charge on any atom is 0.490 e. The number of rotatable bonds is 4. The van der Waals surface area contributed by atoms with Gasteiger partial charge in [-0.1, -0.05) is 17.8 Å². The summed E-state index contributed by atoms with van der Waals surface area (Å²) in [5, 5.41) is 15.5. The first-order valence-corrected chi connectivity index (χ1v) is 9.85. The number of hydrogen-bond donors (Lipinski definition) is 2. The second-order valence-electron chi connectivity index (χ2n) is 6.34. The molecular weight excluding hydrogens is 421 g/mol. The lowest BCUT2D eigenvalue weighted by molar-refractivity contribution is -0.192. The number of aromatic nitrogens is 3. The lowest BCUT2D eigenvalue weighted by Crippen LogP contribution is -2.32. The Kier molecular flexibility index (Phi) is 8.60. The van der Waals surface area contributed by atoms with E-state index in [0.29, 0.717) is 6.54 Å². The molecule has 30 heavy (non-hydrogen) atoms. The molecule has 1 aliphatic rings. The Morgan fingerprint density at radius 2 is 2.10 bits per heavy atom. The van der Waals surface area contributed by atoms with E-state index < -0.39 is 12.1 Å². The standard InChI is InChI=1S/C17H20N4OS.C2HF3O2/c1-13(22)23-17-5-8-18-11-14(17)10-15-6-9-21(20-15)12-16-4-2-3-7-19-16;3-2(4,5)1(6)7/h2-4,6-7,9-10,17-18H,5,8,11-12H2,1H3;(H,6,7)/b14-10+;. The van der Waals surface area contributed by atoms with Crippen molar-refractivity contribution in [1.82, 2.24) is 20.1 Å². The molecule has 3 heterocycles. The quantitative estimate of drug-likeness (QED) is 0.751. The van der Waals surface area contributed by atoms with Gasteiger partial charge in [0.25, 0.3) is 0 Å². The number of pyridine rings is 1. The second kappa shape index (κ2) is 10.9. The van der Waals surface area contributed by atoms with Crippen LogP contribution in [-0.2, 0) is 16.1 Å². The van der Waals surface area contributed by atoms with Crippen molar-refractivity contribution in [2.24, 2.45) is 0 Å². The highest BCUT2D eigenvalue weighted by atomic mass is 32.2. The minimum atomic E-state index is -5.08. The number of nitrogens with zero attached hydrogens (tertiary/aromatic N) is 3. The number of thioether (sulfide) groups is 1. The van der Waals surface area contributed by atoms with Crippen LogP contribution in [0.15, 0.2) is 42.2 Å². The van der Waals surface area contributed by atoms with Crippen LogP contribution in [0.5, 0.6) is 0 Å². The van der Waals surface area contributed by atoms with Crippen LogP contribution < -0.4 is 5.32 Å². The molecule has 11 heteroatoms. The van der Waals surface area contributed by atoms with E-state index in [1.807, 2.05) is 35.1 Å². The minimum Gasteiger partial charge on any atom is -0.475 e. The van der Waals surface area contributed by atoms with E-state index in [1.54, 1.807) is 13.1 Å². The number of carbonyl (C=O) groups is 2. The van der Waals surface area contributed by atoms with Crippen molar-refractivity contribution in [1.29, 1.82) is 0 Å². The maximum atomic E-state index is 11.4. The van der Waals surface area contributed by atoms with E-state index in [9.17, 15) is 18.0 Å². The fourth-order valence-electron chi connectivity index (χ4n) is 2.63. The second-order valence-corrected chi connectivity index (χ2v) is 7.72. The van der Waals surface area contributed by atoms with E-state index in [4.69, 9.17) is 9.90 Å². The number of carboxylic acids is 1. The van der Waals surface area contributed by atoms with Gasteiger partial charge in [-0.25, -0.2) is 4.79 Å². The summed E-state index contributed by atoms with van der Waals surface area (Å²) in [6, 6.07) is 7.88. The van der Waals surface area contributed by atoms with Crippen molar-refractivity contribution in [2.75, 3.05) is 13.1 Å². The molecule has 0 aromatic carbocycles. The molecular formula is C19H21F3N4O3S. The molecule has 2 aromatic heterocycles. The van der Waals surface area contributed by atoms with Gasteiger partial charge in [-0.15, -0.1) is 0 Å². The number of carbonyl (C=O) groups excluding carboxylic acids is 1. The van der Waals surface area contributed by atoms with Gasteiger partial charge in [0.15, 0.2) is 5.12 Å². The van der Waals surface area contributed by atoms with E-state index in [1.165, 1.54) is 17.3 Å². The summed E-state index contributed by atoms with van der Waals surface area (Å²) in [5.74, 6) is -2.76. The first-order valence-electron chi connectivity index (χ1n) is 8.97. The fraction of sp³-hybridized carbons (Fsp3) is 0.368. The lowest BCUT2D eigenvalue weighted by atomic mass is 10.0. The fourth-order valence-corrected chi connectivity index (χ4v) is 3.57. The number of carboxylic acid groups (broad SMARTS) is 1. The van der Waals surface area contributed by atoms with Crippen LogP contribution in [0.3, 0.4) is 0 Å². The predicted octanol–water partition coefficient (Wildman–Crippen LogP) is 2.98. The van der Waals surface area contributed by atoms with E-state index in [0.717, 1.165) is 30.9 Å². The van der Waals surface area contributed by atoms with Gasteiger partial charge in [0.05, 0.1) is 17.9 Å². The number of piperidine rings is 1. The molecule has 2 N–H and O–H groups in total. The number of hydrogen-bond acceptors (Lipinski definition) is 6. The van der Waals surface area contributed by atoms with Crippen LogP contribution in [0, 0.1) is 0 Å². The molecule has 1 saturated heterocycles. The first-order chi connectivity index (χ1) is 14.1. The van der Waals surface area contributed by atoms with Crippen molar-refractivity contribution in [3.8, 4) is 0 Å². The van der Waals surface area contributed by atoms with Gasteiger partial charge in [-0.05, 0) is 42.8 Å². The Labute approximate surface area is 175 Å². The Bertz CT molecular complexity index is 885. The van der Waals surface area contributed by atoms with Gasteiger partial charge in [-0.3, -0.25) is 14.5 Å². The van der Waals surface area contributed by atoms with Crippen molar-refractivity contribution < 1.29 is 27.9 Å². The number of halogens is 3. The SMILES string of the molecule is CC(=O)SC1CCNC/C1=C\c1ccn(Cc2ccccn2)n1.O=C(O)C(F)(F)F. The molecule has 1 atom stereocenters. The highest BCUT2D eigenvalue weighted by Gasteiger charge is 2.38. The third kappa shape index (κ3) is 7.99. The van der Waals surface area contributed by atoms with Gasteiger partial charge >= 0.3 is 12.1 Å². The van der Waals surface area contributed by atoms with Crippen molar-refractivity contribution in [3.05, 3.63) is 53.6 Å². The Balaban J connectivity index is 0.000000396. The van der Waals surface area contributed by atoms with Gasteiger partial charge in [-0.2, -0.15) is 18.3 Å². The maximum absolute atomic E-state index is 11.4. The molecule has 2 aromatic rings. The number of aliphatic carboxylic acids is 1. The van der Waals surface area contributed by atoms with Crippen LogP contribution in [-0.4, -0.2) is 55.5 Å². The number of alkyl halides is 3. The van der Waals surface area contributed by atoms with Gasteiger partial charge in [0.1, 0.15) is 0 Å². The Morgan fingerprint density at radius 1 is 1.37 bits per heavy atom. The van der Waals surface area contributed by atoms with Crippen LogP contribution in [0.4, 0.5) is 13.2 Å². The molecule has 1 unspecified atom stereocenters. The summed E-state index contributed by atoms with van der Waals surface area (Å²) < 4.78 is 33.6. The van der Waals surface area contributed by atoms with Crippen molar-refractivity contribution in [2.45, 2.75) is 31.3 Å². The molecule has 1 fully saturated rings. The third-order valence-corrected chi connectivity index (χ3v) is 5.08. The topological polar surface area (TPSA) is 97.1 Å². The minimum absolute atomic E-state index is 0.170. The third-order valence-electron chi connectivity index (χ3n) is 3.92. The largest absolute Gasteiger partial charge is 0.490 e. The highest BCUT2D eigenvalue weighted by molar-refractivity contribution is 8.14. The Hall–Kier alpha value is -2.66. The molecule has 1 aliphatic heterocycles. The molecule has 7 nitrogen and oxygen atoms in total. The number of nitrogens with one attached hydrogen (secondary N) is 1. The van der Waals surface area contributed by atoms with Crippen molar-refractivity contribution >= 4 is 28.9 Å². The summed E-state index contributed by atoms with van der Waals surface area (Å²) in [7, 11) is 0. The monoisotopic (exact) mass is 442 g/mol. The summed E-state index contributed by atoms with van der Waals surface area (Å²) >= 11 is 1.42. The molecule has 0 radical (unpaired) electrons. The summed E-state index contributed by atoms with van der Waals surface area (Å²) in [5.41, 5.74) is 3.15. The van der Waals surface area contributed by atoms with Gasteiger partial charge < -0.3 is 10.4 Å². The van der Waals surface area contributed by atoms with E-state index in [-0.39, 0.29) is 10.4 Å². The van der Waals surface area contributed by atoms with Crippen LogP contribution in [0.25, 0.3) is 6.08 Å². The van der Waals surface area contributed by atoms with Crippen LogP contribution >= 0.6 is 11.8 Å². The molecule has 0 amide bonds. The highest BCUT2D eigenvalue weighted by Crippen LogP contribution is 2.26. The zero-order valence-electron chi connectivity index (χ0n) is 16.1. The van der Waals surface area contributed by atoms with E-state index in [2.05, 4.69) is 21.5 Å². The summed E-state index contributed by atoms with van der Waals surface area (Å²) in [4.78, 5) is 24.6. The average Bonchev–Trinajstić information content (AvgIpc) is 3.10. The molecule has 3 rings (SSSR count). The van der Waals surface area contributed by atoms with Gasteiger partial charge in [0, 0.05) is 31.1 Å². The molecule has 0 bridgehead atoms. The molecule has 0 aliphatic carbocycles. The molecule has 0 saturated carbocycles. The Morgan fingerprint density at radius 3 is 2.70 bits per heavy atom. The first kappa shape index (κ1) is 23.6. The van der Waals surface area contributed by atoms with E-state index >= 15 is 0 Å². The summed E-state index contributed by atoms with van der Waals surface area (Å²) in [6.45, 7) is 4.06. The average molecular weight is 442 g/mol. The zero-order valence-corrected chi connectivity index (χ0v) is 16.9. The normalized spacial score (nSPS) is 17.9. The van der Waals surface area contributed by atoms with Crippen LogP contribution in [0.1, 0.15) is 24.7 Å². The zero-order chi connectivity index (χ0) is 22.1. The van der Waals surface area contributed by atoms with Gasteiger partial charge in [0.2, 0.25) is 0 Å². The summed E-state index contributed by atoms with van der Waals surface area (Å²) in [6.07, 6.45) is 1.75. The lowest BCUT2D eigenvalue weighted by Gasteiger charge is -2.24. The predicted molar refractivity (Wildman–Crippen MR) is 107 cm³/mol. The van der Waals surface area contributed by atoms with Crippen LogP contribution in [0.2, 0.25) is 0 Å². The smallest absolute Gasteiger partial charge is 0.475 e. The van der Waals surface area contributed by atoms with Crippen molar-refractivity contribution in [3.63, 3.8) is 0 Å². The molecule has 162 valence electrons. The molecule has 0 spiro atoms.